The highest BCUT2D eigenvalue weighted by Crippen LogP contribution is 2.51. The lowest BCUT2D eigenvalue weighted by Crippen LogP contribution is -2.04. The number of fused-ring (bicyclic) bond motifs is 2. The minimum Gasteiger partial charge on any atom is -0.202 e. The number of halogens is 4. The second-order valence-corrected chi connectivity index (χ2v) is 5.67. The zero-order valence-corrected chi connectivity index (χ0v) is 10.3. The van der Waals surface area contributed by atoms with Gasteiger partial charge >= 0.3 is 0 Å². The average Bonchev–Trinajstić information content (AvgIpc) is 2.41. The van der Waals surface area contributed by atoms with Crippen LogP contribution in [0.1, 0.15) is 0 Å². The summed E-state index contributed by atoms with van der Waals surface area (Å²) in [6.07, 6.45) is 0. The van der Waals surface area contributed by atoms with E-state index in [1.807, 2.05) is 0 Å². The summed E-state index contributed by atoms with van der Waals surface area (Å²) in [6, 6.07) is 6.92. The van der Waals surface area contributed by atoms with E-state index >= 15 is 0 Å². The molecule has 1 aliphatic rings. The van der Waals surface area contributed by atoms with Gasteiger partial charge in [-0.2, -0.15) is 0 Å². The molecule has 1 aliphatic heterocycles. The lowest BCUT2D eigenvalue weighted by molar-refractivity contribution is 0.384. The second kappa shape index (κ2) is 4.20. The fourth-order valence-corrected chi connectivity index (χ4v) is 3.91. The fourth-order valence-electron chi connectivity index (χ4n) is 1.61. The van der Waals surface area contributed by atoms with Crippen LogP contribution in [0.15, 0.2) is 43.8 Å². The molecular weight excluding hydrogens is 284 g/mol. The van der Waals surface area contributed by atoms with Gasteiger partial charge in [-0.3, -0.25) is 0 Å². The van der Waals surface area contributed by atoms with Crippen molar-refractivity contribution in [3.63, 3.8) is 0 Å². The fraction of sp³-hybridized carbons (Fsp3) is 0. The van der Waals surface area contributed by atoms with Crippen molar-refractivity contribution in [2.24, 2.45) is 0 Å². The molecule has 0 fully saturated rings. The van der Waals surface area contributed by atoms with Gasteiger partial charge in [0.1, 0.15) is 0 Å². The molecule has 6 heteroatoms. The molecule has 0 N–H and O–H groups in total. The first-order valence-corrected chi connectivity index (χ1v) is 6.53. The summed E-state index contributed by atoms with van der Waals surface area (Å²) in [5.74, 6) is -6.20. The van der Waals surface area contributed by atoms with Crippen LogP contribution in [0.25, 0.3) is 0 Å². The van der Waals surface area contributed by atoms with Crippen LogP contribution < -0.4 is 0 Å². The zero-order valence-electron chi connectivity index (χ0n) is 8.64. The molecule has 18 heavy (non-hydrogen) atoms. The van der Waals surface area contributed by atoms with Gasteiger partial charge < -0.3 is 0 Å². The van der Waals surface area contributed by atoms with E-state index in [1.165, 1.54) is 0 Å². The Morgan fingerprint density at radius 3 is 1.39 bits per heavy atom. The molecule has 0 radical (unpaired) electrons. The van der Waals surface area contributed by atoms with Crippen molar-refractivity contribution >= 4 is 23.5 Å². The van der Waals surface area contributed by atoms with Crippen molar-refractivity contribution in [3.05, 3.63) is 47.5 Å². The van der Waals surface area contributed by atoms with Gasteiger partial charge in [-0.05, 0) is 12.1 Å². The van der Waals surface area contributed by atoms with Gasteiger partial charge in [-0.25, -0.2) is 17.6 Å². The summed E-state index contributed by atoms with van der Waals surface area (Å²) in [4.78, 5) is 0.990. The van der Waals surface area contributed by atoms with Gasteiger partial charge in [0.15, 0.2) is 23.3 Å². The average molecular weight is 288 g/mol. The molecule has 0 spiro atoms. The third-order valence-corrected chi connectivity index (χ3v) is 5.04. The van der Waals surface area contributed by atoms with Crippen molar-refractivity contribution in [1.29, 1.82) is 0 Å². The molecule has 0 nitrogen and oxygen atoms in total. The Bertz CT molecular complexity index is 599. The predicted octanol–water partition coefficient (Wildman–Crippen LogP) is 4.86. The summed E-state index contributed by atoms with van der Waals surface area (Å²) in [5.41, 5.74) is 0. The maximum Gasteiger partial charge on any atom is 0.198 e. The zero-order chi connectivity index (χ0) is 12.9. The van der Waals surface area contributed by atoms with Crippen LogP contribution in [0.3, 0.4) is 0 Å². The molecule has 0 amide bonds. The number of benzene rings is 2. The van der Waals surface area contributed by atoms with Gasteiger partial charge in [0.25, 0.3) is 0 Å². The van der Waals surface area contributed by atoms with E-state index < -0.39 is 23.3 Å². The Morgan fingerprint density at radius 1 is 0.611 bits per heavy atom. The first-order valence-electron chi connectivity index (χ1n) is 4.90. The molecule has 0 aliphatic carbocycles. The Balaban J connectivity index is 2.25. The van der Waals surface area contributed by atoms with Crippen molar-refractivity contribution < 1.29 is 17.6 Å². The lowest BCUT2D eigenvalue weighted by atomic mass is 10.3. The maximum absolute atomic E-state index is 13.6. The third kappa shape index (κ3) is 1.63. The van der Waals surface area contributed by atoms with Crippen molar-refractivity contribution in [2.75, 3.05) is 0 Å². The summed E-state index contributed by atoms with van der Waals surface area (Å²) in [7, 11) is 0. The van der Waals surface area contributed by atoms with E-state index in [4.69, 9.17) is 0 Å². The summed E-state index contributed by atoms with van der Waals surface area (Å²) in [6.45, 7) is 0. The van der Waals surface area contributed by atoms with E-state index in [-0.39, 0.29) is 9.79 Å². The quantitative estimate of drug-likeness (QED) is 0.329. The van der Waals surface area contributed by atoms with Crippen LogP contribution in [-0.4, -0.2) is 0 Å². The summed E-state index contributed by atoms with van der Waals surface area (Å²) < 4.78 is 53.5. The van der Waals surface area contributed by atoms with Crippen molar-refractivity contribution in [2.45, 2.75) is 19.6 Å². The maximum atomic E-state index is 13.6. The van der Waals surface area contributed by atoms with Crippen LogP contribution in [-0.2, 0) is 0 Å². The van der Waals surface area contributed by atoms with Crippen LogP contribution in [0.4, 0.5) is 17.6 Å². The number of hydrogen-bond donors (Lipinski definition) is 0. The molecule has 92 valence electrons. The normalized spacial score (nSPS) is 13.1. The number of rotatable bonds is 0. The standard InChI is InChI=1S/C12H4F4S2/c13-7-8(14)10(16)12-11(9(7)15)17-5-3-1-2-4-6(5)18-12/h1-4H. The van der Waals surface area contributed by atoms with Gasteiger partial charge in [0.05, 0.1) is 9.79 Å². The minimum absolute atomic E-state index is 0.199. The van der Waals surface area contributed by atoms with Gasteiger partial charge in [0, 0.05) is 9.79 Å². The topological polar surface area (TPSA) is 0 Å². The first kappa shape index (κ1) is 11.9. The minimum atomic E-state index is -1.77. The Morgan fingerprint density at radius 2 is 1.00 bits per heavy atom. The highest BCUT2D eigenvalue weighted by atomic mass is 32.2. The van der Waals surface area contributed by atoms with Crippen LogP contribution in [0.2, 0.25) is 0 Å². The molecule has 2 aromatic carbocycles. The van der Waals surface area contributed by atoms with Gasteiger partial charge in [-0.15, -0.1) is 0 Å². The molecule has 3 rings (SSSR count). The molecule has 0 unspecified atom stereocenters. The summed E-state index contributed by atoms with van der Waals surface area (Å²) in [5, 5.41) is 0. The van der Waals surface area contributed by atoms with Crippen LogP contribution in [0, 0.1) is 23.3 Å². The molecule has 0 bridgehead atoms. The second-order valence-electron chi connectivity index (χ2n) is 3.57. The molecular formula is C12H4F4S2. The molecule has 2 aromatic rings. The Kier molecular flexibility index (Phi) is 2.79. The predicted molar refractivity (Wildman–Crippen MR) is 61.0 cm³/mol. The molecule has 0 saturated heterocycles. The van der Waals surface area contributed by atoms with Crippen LogP contribution >= 0.6 is 23.5 Å². The monoisotopic (exact) mass is 288 g/mol. The van der Waals surface area contributed by atoms with Crippen LogP contribution in [0.5, 0.6) is 0 Å². The summed E-state index contributed by atoms with van der Waals surface area (Å²) >= 11 is 1.81. The smallest absolute Gasteiger partial charge is 0.198 e. The molecule has 0 atom stereocenters. The van der Waals surface area contributed by atoms with Crippen molar-refractivity contribution in [3.8, 4) is 0 Å². The SMILES string of the molecule is Fc1c(F)c(F)c2c(c1F)Sc1ccccc1S2. The lowest BCUT2D eigenvalue weighted by Gasteiger charge is -2.19. The van der Waals surface area contributed by atoms with E-state index in [1.54, 1.807) is 24.3 Å². The van der Waals surface area contributed by atoms with Gasteiger partial charge in [0.2, 0.25) is 0 Å². The molecule has 0 aromatic heterocycles. The van der Waals surface area contributed by atoms with Gasteiger partial charge in [-0.1, -0.05) is 35.7 Å². The molecule has 0 saturated carbocycles. The van der Waals surface area contributed by atoms with E-state index in [9.17, 15) is 17.6 Å². The van der Waals surface area contributed by atoms with E-state index in [2.05, 4.69) is 0 Å². The highest BCUT2D eigenvalue weighted by molar-refractivity contribution is 8.05. The molecule has 1 heterocycles. The Labute approximate surface area is 108 Å². The van der Waals surface area contributed by atoms with Crippen molar-refractivity contribution in [1.82, 2.24) is 0 Å². The highest BCUT2D eigenvalue weighted by Gasteiger charge is 2.30. The largest absolute Gasteiger partial charge is 0.202 e. The first-order chi connectivity index (χ1) is 8.59. The third-order valence-electron chi connectivity index (χ3n) is 2.46. The Hall–Kier alpha value is -1.14. The number of hydrogen-bond acceptors (Lipinski definition) is 2. The van der Waals surface area contributed by atoms with E-state index in [0.29, 0.717) is 9.79 Å². The van der Waals surface area contributed by atoms with E-state index in [0.717, 1.165) is 23.5 Å².